The largest absolute Gasteiger partial charge is 0.497 e. The van der Waals surface area contributed by atoms with Crippen LogP contribution in [0.15, 0.2) is 65.8 Å². The van der Waals surface area contributed by atoms with Crippen molar-refractivity contribution in [2.75, 3.05) is 12.4 Å². The summed E-state index contributed by atoms with van der Waals surface area (Å²) >= 11 is 1.44. The van der Waals surface area contributed by atoms with Crippen LogP contribution in [0.3, 0.4) is 0 Å². The van der Waals surface area contributed by atoms with Crippen molar-refractivity contribution in [1.82, 2.24) is 25.0 Å². The molecule has 4 aromatic rings. The Balaban J connectivity index is 1.65. The molecule has 0 spiro atoms. The molecule has 0 fully saturated rings. The van der Waals surface area contributed by atoms with Crippen molar-refractivity contribution in [2.45, 2.75) is 24.8 Å². The van der Waals surface area contributed by atoms with Gasteiger partial charge in [-0.15, -0.1) is 5.10 Å². The van der Waals surface area contributed by atoms with Crippen LogP contribution >= 0.6 is 11.8 Å². The number of methoxy groups -OCH3 is 1. The number of amides is 1. The molecule has 0 bridgehead atoms. The SMILES string of the molecule is COc1cccc(NC(=O)c2nnn(-c3ccccc3)c2CSc2nc(C)cc(C)n2)c1. The zero-order chi connectivity index (χ0) is 22.5. The van der Waals surface area contributed by atoms with Crippen molar-refractivity contribution < 1.29 is 9.53 Å². The van der Waals surface area contributed by atoms with Gasteiger partial charge in [-0.25, -0.2) is 14.6 Å². The maximum absolute atomic E-state index is 13.1. The second kappa shape index (κ2) is 9.61. The summed E-state index contributed by atoms with van der Waals surface area (Å²) in [7, 11) is 1.58. The Bertz CT molecular complexity index is 1220. The number of aryl methyl sites for hydroxylation is 2. The van der Waals surface area contributed by atoms with Crippen molar-refractivity contribution in [2.24, 2.45) is 0 Å². The molecule has 0 atom stereocenters. The number of aromatic nitrogens is 5. The van der Waals surface area contributed by atoms with Gasteiger partial charge in [-0.1, -0.05) is 41.2 Å². The van der Waals surface area contributed by atoms with Gasteiger partial charge in [-0.3, -0.25) is 4.79 Å². The highest BCUT2D eigenvalue weighted by Crippen LogP contribution is 2.25. The molecule has 0 aliphatic carbocycles. The minimum Gasteiger partial charge on any atom is -0.497 e. The van der Waals surface area contributed by atoms with Crippen LogP contribution in [-0.2, 0) is 5.75 Å². The van der Waals surface area contributed by atoms with E-state index >= 15 is 0 Å². The van der Waals surface area contributed by atoms with Gasteiger partial charge >= 0.3 is 0 Å². The molecule has 0 unspecified atom stereocenters. The molecule has 0 aliphatic heterocycles. The molecule has 32 heavy (non-hydrogen) atoms. The Morgan fingerprint density at radius 2 is 1.78 bits per heavy atom. The van der Waals surface area contributed by atoms with E-state index in [0.717, 1.165) is 17.1 Å². The van der Waals surface area contributed by atoms with E-state index in [1.54, 1.807) is 23.9 Å². The predicted octanol–water partition coefficient (Wildman–Crippen LogP) is 4.23. The predicted molar refractivity (Wildman–Crippen MR) is 123 cm³/mol. The summed E-state index contributed by atoms with van der Waals surface area (Å²) in [6.45, 7) is 3.86. The molecule has 0 aliphatic rings. The summed E-state index contributed by atoms with van der Waals surface area (Å²) < 4.78 is 6.91. The summed E-state index contributed by atoms with van der Waals surface area (Å²) in [5.74, 6) is 0.724. The van der Waals surface area contributed by atoms with Crippen LogP contribution in [0, 0.1) is 13.8 Å². The number of nitrogens with one attached hydrogen (secondary N) is 1. The number of carbonyl (C=O) groups excluding carboxylic acids is 1. The lowest BCUT2D eigenvalue weighted by molar-refractivity contribution is 0.102. The van der Waals surface area contributed by atoms with Gasteiger partial charge in [-0.2, -0.15) is 0 Å². The monoisotopic (exact) mass is 446 g/mol. The molecular weight excluding hydrogens is 424 g/mol. The van der Waals surface area contributed by atoms with E-state index in [1.165, 1.54) is 11.8 Å². The lowest BCUT2D eigenvalue weighted by atomic mass is 10.2. The average Bonchev–Trinajstić information content (AvgIpc) is 3.22. The van der Waals surface area contributed by atoms with Crippen LogP contribution in [0.5, 0.6) is 5.75 Å². The number of hydrogen-bond acceptors (Lipinski definition) is 7. The van der Waals surface area contributed by atoms with E-state index in [1.807, 2.05) is 62.4 Å². The van der Waals surface area contributed by atoms with Gasteiger partial charge in [0.1, 0.15) is 5.75 Å². The highest BCUT2D eigenvalue weighted by molar-refractivity contribution is 7.98. The Morgan fingerprint density at radius 1 is 1.03 bits per heavy atom. The third-order valence-corrected chi connectivity index (χ3v) is 5.46. The fraction of sp³-hybridized carbons (Fsp3) is 0.174. The zero-order valence-corrected chi connectivity index (χ0v) is 18.8. The van der Waals surface area contributed by atoms with E-state index < -0.39 is 0 Å². The highest BCUT2D eigenvalue weighted by Gasteiger charge is 2.21. The van der Waals surface area contributed by atoms with Gasteiger partial charge in [-0.05, 0) is 44.2 Å². The Hall–Kier alpha value is -3.72. The molecule has 2 aromatic heterocycles. The number of carbonyl (C=O) groups is 1. The molecule has 4 rings (SSSR count). The summed E-state index contributed by atoms with van der Waals surface area (Å²) in [4.78, 5) is 22.1. The average molecular weight is 447 g/mol. The third kappa shape index (κ3) is 4.94. The highest BCUT2D eigenvalue weighted by atomic mass is 32.2. The van der Waals surface area contributed by atoms with Crippen molar-refractivity contribution in [1.29, 1.82) is 0 Å². The van der Waals surface area contributed by atoms with Crippen molar-refractivity contribution >= 4 is 23.4 Å². The van der Waals surface area contributed by atoms with E-state index in [9.17, 15) is 4.79 Å². The minimum atomic E-state index is -0.350. The normalized spacial score (nSPS) is 10.7. The van der Waals surface area contributed by atoms with Gasteiger partial charge in [0.15, 0.2) is 10.9 Å². The summed E-state index contributed by atoms with van der Waals surface area (Å²) in [6, 6.07) is 18.7. The number of ether oxygens (including phenoxy) is 1. The van der Waals surface area contributed by atoms with E-state index in [4.69, 9.17) is 4.74 Å². The Labute approximate surface area is 190 Å². The molecular formula is C23H22N6O2S. The first-order valence-corrected chi connectivity index (χ1v) is 10.9. The molecule has 1 amide bonds. The first kappa shape index (κ1) is 21.5. The second-order valence-electron chi connectivity index (χ2n) is 7.04. The summed E-state index contributed by atoms with van der Waals surface area (Å²) in [5.41, 5.74) is 4.12. The van der Waals surface area contributed by atoms with Gasteiger partial charge in [0.2, 0.25) is 0 Å². The quantitative estimate of drug-likeness (QED) is 0.335. The Kier molecular flexibility index (Phi) is 6.46. The fourth-order valence-electron chi connectivity index (χ4n) is 3.17. The van der Waals surface area contributed by atoms with Crippen LogP contribution in [0.25, 0.3) is 5.69 Å². The molecule has 0 saturated carbocycles. The van der Waals surface area contributed by atoms with Crippen LogP contribution < -0.4 is 10.1 Å². The van der Waals surface area contributed by atoms with Crippen LogP contribution in [-0.4, -0.2) is 38.0 Å². The first-order chi connectivity index (χ1) is 15.5. The molecule has 0 saturated heterocycles. The second-order valence-corrected chi connectivity index (χ2v) is 7.98. The van der Waals surface area contributed by atoms with Gasteiger partial charge in [0, 0.05) is 28.9 Å². The third-order valence-electron chi connectivity index (χ3n) is 4.61. The Morgan fingerprint density at radius 3 is 2.50 bits per heavy atom. The summed E-state index contributed by atoms with van der Waals surface area (Å²) in [6.07, 6.45) is 0. The molecule has 8 nitrogen and oxygen atoms in total. The topological polar surface area (TPSA) is 94.8 Å². The molecule has 2 aromatic carbocycles. The van der Waals surface area contributed by atoms with Crippen molar-refractivity contribution in [3.63, 3.8) is 0 Å². The molecule has 1 N–H and O–H groups in total. The standard InChI is InChI=1S/C23H22N6O2S/c1-15-12-16(2)25-23(24-15)32-14-20-21(27-28-29(20)18-9-5-4-6-10-18)22(30)26-17-8-7-11-19(13-17)31-3/h4-13H,14H2,1-3H3,(H,26,30). The van der Waals surface area contributed by atoms with E-state index in [-0.39, 0.29) is 11.6 Å². The molecule has 0 radical (unpaired) electrons. The van der Waals surface area contributed by atoms with Gasteiger partial charge in [0.05, 0.1) is 18.5 Å². The maximum Gasteiger partial charge on any atom is 0.278 e. The van der Waals surface area contributed by atoms with Crippen LogP contribution in [0.4, 0.5) is 5.69 Å². The van der Waals surface area contributed by atoms with Gasteiger partial charge < -0.3 is 10.1 Å². The lowest BCUT2D eigenvalue weighted by Crippen LogP contribution is -2.15. The zero-order valence-electron chi connectivity index (χ0n) is 17.9. The van der Waals surface area contributed by atoms with E-state index in [0.29, 0.717) is 28.0 Å². The smallest absolute Gasteiger partial charge is 0.278 e. The number of nitrogens with zero attached hydrogens (tertiary/aromatic N) is 5. The number of hydrogen-bond donors (Lipinski definition) is 1. The summed E-state index contributed by atoms with van der Waals surface area (Å²) in [5, 5.41) is 12.0. The minimum absolute atomic E-state index is 0.244. The lowest BCUT2D eigenvalue weighted by Gasteiger charge is -2.09. The molecule has 9 heteroatoms. The van der Waals surface area contributed by atoms with E-state index in [2.05, 4.69) is 25.6 Å². The van der Waals surface area contributed by atoms with Crippen LogP contribution in [0.1, 0.15) is 27.6 Å². The maximum atomic E-state index is 13.1. The number of para-hydroxylation sites is 1. The fourth-order valence-corrected chi connectivity index (χ4v) is 4.11. The molecule has 2 heterocycles. The molecule has 162 valence electrons. The number of benzene rings is 2. The van der Waals surface area contributed by atoms with Gasteiger partial charge in [0.25, 0.3) is 5.91 Å². The number of anilines is 1. The van der Waals surface area contributed by atoms with Crippen LogP contribution in [0.2, 0.25) is 0 Å². The number of rotatable bonds is 7. The van der Waals surface area contributed by atoms with Crippen molar-refractivity contribution in [3.8, 4) is 11.4 Å². The number of thioether (sulfide) groups is 1. The van der Waals surface area contributed by atoms with Crippen molar-refractivity contribution in [3.05, 3.63) is 83.4 Å². The first-order valence-electron chi connectivity index (χ1n) is 9.94.